The van der Waals surface area contributed by atoms with E-state index in [1.807, 2.05) is 26.8 Å². The number of benzene rings is 1. The molecule has 1 aliphatic rings. The van der Waals surface area contributed by atoms with Crippen molar-refractivity contribution in [2.24, 2.45) is 0 Å². The summed E-state index contributed by atoms with van der Waals surface area (Å²) in [5, 5.41) is 2.93. The van der Waals surface area contributed by atoms with Gasteiger partial charge in [0.25, 0.3) is 0 Å². The van der Waals surface area contributed by atoms with Crippen LogP contribution in [0.25, 0.3) is 11.3 Å². The number of ether oxygens (including phenoxy) is 1. The van der Waals surface area contributed by atoms with Crippen LogP contribution in [0.4, 0.5) is 14.9 Å². The van der Waals surface area contributed by atoms with Gasteiger partial charge in [0.1, 0.15) is 17.2 Å². The van der Waals surface area contributed by atoms with Crippen LogP contribution in [0.15, 0.2) is 41.0 Å². The molecule has 3 rings (SSSR count). The number of anilines is 1. The van der Waals surface area contributed by atoms with Gasteiger partial charge in [0, 0.05) is 30.4 Å². The number of hydrogen-bond acceptors (Lipinski definition) is 4. The Labute approximate surface area is 153 Å². The highest BCUT2D eigenvalue weighted by Gasteiger charge is 2.25. The third-order valence-electron chi connectivity index (χ3n) is 4.30. The van der Waals surface area contributed by atoms with E-state index in [1.54, 1.807) is 18.4 Å². The maximum Gasteiger partial charge on any atom is 0.407 e. The lowest BCUT2D eigenvalue weighted by Gasteiger charge is -2.35. The molecule has 0 spiro atoms. The van der Waals surface area contributed by atoms with E-state index in [0.717, 1.165) is 37.2 Å². The third kappa shape index (κ3) is 4.56. The quantitative estimate of drug-likeness (QED) is 0.870. The fourth-order valence-corrected chi connectivity index (χ4v) is 3.15. The predicted octanol–water partition coefficient (Wildman–Crippen LogP) is 4.58. The monoisotopic (exact) mass is 360 g/mol. The first-order chi connectivity index (χ1) is 12.3. The zero-order valence-corrected chi connectivity index (χ0v) is 15.4. The number of hydrogen-bond donors (Lipinski definition) is 1. The Morgan fingerprint density at radius 2 is 2.00 bits per heavy atom. The molecule has 1 fully saturated rings. The zero-order valence-electron chi connectivity index (χ0n) is 15.4. The molecule has 1 aliphatic heterocycles. The van der Waals surface area contributed by atoms with Gasteiger partial charge in [-0.2, -0.15) is 0 Å². The van der Waals surface area contributed by atoms with Crippen molar-refractivity contribution < 1.29 is 18.3 Å². The van der Waals surface area contributed by atoms with Crippen LogP contribution >= 0.6 is 0 Å². The Balaban J connectivity index is 1.65. The van der Waals surface area contributed by atoms with Gasteiger partial charge >= 0.3 is 6.09 Å². The Bertz CT molecular complexity index is 745. The molecule has 1 N–H and O–H groups in total. The molecule has 5 nitrogen and oxygen atoms in total. The summed E-state index contributed by atoms with van der Waals surface area (Å²) < 4.78 is 24.5. The smallest absolute Gasteiger partial charge is 0.407 e. The maximum absolute atomic E-state index is 13.7. The standard InChI is InChI=1S/C20H25FN2O3/c1-20(2,3)26-19(24)22-15-8-10-23(11-9-15)17-7-6-14(21)13-16(17)18-5-4-12-25-18/h4-7,12-13,15H,8-11H2,1-3H3,(H,22,24). The van der Waals surface area contributed by atoms with Crippen LogP contribution < -0.4 is 10.2 Å². The molecular formula is C20H25FN2O3. The Hall–Kier alpha value is -2.50. The molecule has 26 heavy (non-hydrogen) atoms. The summed E-state index contributed by atoms with van der Waals surface area (Å²) in [7, 11) is 0. The second-order valence-electron chi connectivity index (χ2n) is 7.55. The van der Waals surface area contributed by atoms with E-state index in [-0.39, 0.29) is 18.0 Å². The van der Waals surface area contributed by atoms with E-state index in [9.17, 15) is 9.18 Å². The van der Waals surface area contributed by atoms with Gasteiger partial charge in [-0.25, -0.2) is 9.18 Å². The van der Waals surface area contributed by atoms with E-state index in [4.69, 9.17) is 9.15 Å². The number of piperidine rings is 1. The van der Waals surface area contributed by atoms with Crippen molar-refractivity contribution in [2.45, 2.75) is 45.3 Å². The SMILES string of the molecule is CC(C)(C)OC(=O)NC1CCN(c2ccc(F)cc2-c2ccco2)CC1. The summed E-state index contributed by atoms with van der Waals surface area (Å²) in [6.07, 6.45) is 2.80. The number of furan rings is 1. The van der Waals surface area contributed by atoms with Crippen LogP contribution in [0.5, 0.6) is 0 Å². The molecule has 0 atom stereocenters. The fraction of sp³-hybridized carbons (Fsp3) is 0.450. The highest BCUT2D eigenvalue weighted by Crippen LogP contribution is 2.33. The number of alkyl carbamates (subject to hydrolysis) is 1. The number of carbonyl (C=O) groups is 1. The van der Waals surface area contributed by atoms with Crippen LogP contribution in [0.3, 0.4) is 0 Å². The highest BCUT2D eigenvalue weighted by atomic mass is 19.1. The second kappa shape index (κ2) is 7.40. The van der Waals surface area contributed by atoms with Gasteiger partial charge in [0.15, 0.2) is 0 Å². The molecule has 1 aromatic heterocycles. The minimum atomic E-state index is -0.503. The minimum Gasteiger partial charge on any atom is -0.464 e. The largest absolute Gasteiger partial charge is 0.464 e. The molecule has 2 heterocycles. The summed E-state index contributed by atoms with van der Waals surface area (Å²) in [5.41, 5.74) is 1.18. The molecule has 0 unspecified atom stereocenters. The molecule has 2 aromatic rings. The topological polar surface area (TPSA) is 54.7 Å². The van der Waals surface area contributed by atoms with E-state index >= 15 is 0 Å². The lowest BCUT2D eigenvalue weighted by atomic mass is 10.0. The molecule has 0 radical (unpaired) electrons. The highest BCUT2D eigenvalue weighted by molar-refractivity contribution is 5.75. The van der Waals surface area contributed by atoms with Gasteiger partial charge in [0.2, 0.25) is 0 Å². The van der Waals surface area contributed by atoms with Crippen molar-refractivity contribution in [2.75, 3.05) is 18.0 Å². The van der Waals surface area contributed by atoms with Crippen molar-refractivity contribution >= 4 is 11.8 Å². The third-order valence-corrected chi connectivity index (χ3v) is 4.30. The Morgan fingerprint density at radius 1 is 1.27 bits per heavy atom. The lowest BCUT2D eigenvalue weighted by molar-refractivity contribution is 0.0497. The molecule has 140 valence electrons. The number of rotatable bonds is 3. The average molecular weight is 360 g/mol. The average Bonchev–Trinajstić information content (AvgIpc) is 3.08. The molecule has 0 aliphatic carbocycles. The van der Waals surface area contributed by atoms with Crippen molar-refractivity contribution in [3.8, 4) is 11.3 Å². The maximum atomic E-state index is 13.7. The molecule has 1 saturated heterocycles. The van der Waals surface area contributed by atoms with Gasteiger partial charge in [-0.05, 0) is 63.9 Å². The van der Waals surface area contributed by atoms with Crippen molar-refractivity contribution in [3.05, 3.63) is 42.4 Å². The number of amides is 1. The van der Waals surface area contributed by atoms with E-state index < -0.39 is 5.60 Å². The van der Waals surface area contributed by atoms with E-state index in [2.05, 4.69) is 10.2 Å². The lowest BCUT2D eigenvalue weighted by Crippen LogP contribution is -2.46. The summed E-state index contributed by atoms with van der Waals surface area (Å²) in [5.74, 6) is 0.357. The number of halogens is 1. The summed E-state index contributed by atoms with van der Waals surface area (Å²) in [6, 6.07) is 8.45. The van der Waals surface area contributed by atoms with E-state index in [0.29, 0.717) is 5.76 Å². The molecule has 0 saturated carbocycles. The molecule has 0 bridgehead atoms. The first kappa shape index (κ1) is 18.3. The number of carbonyl (C=O) groups excluding carboxylic acids is 1. The van der Waals surface area contributed by atoms with E-state index in [1.165, 1.54) is 12.1 Å². The van der Waals surface area contributed by atoms with Gasteiger partial charge in [-0.1, -0.05) is 0 Å². The van der Waals surface area contributed by atoms with Crippen molar-refractivity contribution in [1.82, 2.24) is 5.32 Å². The fourth-order valence-electron chi connectivity index (χ4n) is 3.15. The Kier molecular flexibility index (Phi) is 5.20. The first-order valence-corrected chi connectivity index (χ1v) is 8.90. The van der Waals surface area contributed by atoms with Crippen LogP contribution in [-0.2, 0) is 4.74 Å². The molecular weight excluding hydrogens is 335 g/mol. The summed E-state index contributed by atoms with van der Waals surface area (Å²) >= 11 is 0. The molecule has 6 heteroatoms. The van der Waals surface area contributed by atoms with Gasteiger partial charge < -0.3 is 19.4 Å². The second-order valence-corrected chi connectivity index (χ2v) is 7.55. The minimum absolute atomic E-state index is 0.0774. The predicted molar refractivity (Wildman–Crippen MR) is 98.7 cm³/mol. The first-order valence-electron chi connectivity index (χ1n) is 8.90. The van der Waals surface area contributed by atoms with Crippen LogP contribution in [0.1, 0.15) is 33.6 Å². The van der Waals surface area contributed by atoms with Gasteiger partial charge in [0.05, 0.1) is 6.26 Å². The summed E-state index contributed by atoms with van der Waals surface area (Å²) in [6.45, 7) is 7.07. The summed E-state index contributed by atoms with van der Waals surface area (Å²) in [4.78, 5) is 14.1. The van der Waals surface area contributed by atoms with Crippen molar-refractivity contribution in [1.29, 1.82) is 0 Å². The zero-order chi connectivity index (χ0) is 18.7. The Morgan fingerprint density at radius 3 is 2.62 bits per heavy atom. The normalized spacial score (nSPS) is 15.8. The molecule has 1 amide bonds. The van der Waals surface area contributed by atoms with Crippen LogP contribution in [-0.4, -0.2) is 30.8 Å². The van der Waals surface area contributed by atoms with Crippen LogP contribution in [0.2, 0.25) is 0 Å². The van der Waals surface area contributed by atoms with Crippen molar-refractivity contribution in [3.63, 3.8) is 0 Å². The van der Waals surface area contributed by atoms with Gasteiger partial charge in [-0.15, -0.1) is 0 Å². The van der Waals surface area contributed by atoms with Gasteiger partial charge in [-0.3, -0.25) is 0 Å². The molecule has 1 aromatic carbocycles. The van der Waals surface area contributed by atoms with Crippen LogP contribution in [0, 0.1) is 5.82 Å². The number of nitrogens with zero attached hydrogens (tertiary/aromatic N) is 1. The number of nitrogens with one attached hydrogen (secondary N) is 1.